The number of carbonyl (C=O) groups is 2. The van der Waals surface area contributed by atoms with Gasteiger partial charge in [0.25, 0.3) is 0 Å². The number of ether oxygens (including phenoxy) is 1. The number of esters is 1. The van der Waals surface area contributed by atoms with Crippen molar-refractivity contribution in [2.75, 3.05) is 25.0 Å². The van der Waals surface area contributed by atoms with Gasteiger partial charge in [-0.1, -0.05) is 11.6 Å². The van der Waals surface area contributed by atoms with Gasteiger partial charge in [0.05, 0.1) is 18.7 Å². The van der Waals surface area contributed by atoms with Gasteiger partial charge in [0.2, 0.25) is 5.91 Å². The number of amides is 1. The summed E-state index contributed by atoms with van der Waals surface area (Å²) >= 11 is 6.05. The zero-order chi connectivity index (χ0) is 22.0. The van der Waals surface area contributed by atoms with Crippen LogP contribution in [0.5, 0.6) is 0 Å². The van der Waals surface area contributed by atoms with E-state index in [2.05, 4.69) is 10.3 Å². The molecule has 1 aromatic heterocycles. The third-order valence-electron chi connectivity index (χ3n) is 5.26. The molecule has 0 aliphatic carbocycles. The normalized spacial score (nSPS) is 13.6. The monoisotopic (exact) mass is 439 g/mol. The van der Waals surface area contributed by atoms with Gasteiger partial charge in [-0.15, -0.1) is 0 Å². The van der Waals surface area contributed by atoms with Crippen LogP contribution in [0.1, 0.15) is 28.5 Å². The molecule has 8 heteroatoms. The van der Waals surface area contributed by atoms with E-state index in [9.17, 15) is 14.4 Å². The molecule has 160 valence electrons. The second kappa shape index (κ2) is 8.91. The van der Waals surface area contributed by atoms with Crippen molar-refractivity contribution < 1.29 is 14.3 Å². The molecule has 31 heavy (non-hydrogen) atoms. The van der Waals surface area contributed by atoms with Crippen molar-refractivity contribution >= 4 is 40.1 Å². The fourth-order valence-corrected chi connectivity index (χ4v) is 3.92. The first-order valence-corrected chi connectivity index (χ1v) is 10.4. The molecular formula is C23H22ClN3O4. The number of rotatable bonds is 5. The van der Waals surface area contributed by atoms with Crippen LogP contribution in [0.25, 0.3) is 10.9 Å². The third kappa shape index (κ3) is 4.62. The second-order valence-electron chi connectivity index (χ2n) is 7.41. The third-order valence-corrected chi connectivity index (χ3v) is 5.49. The predicted molar refractivity (Wildman–Crippen MR) is 120 cm³/mol. The van der Waals surface area contributed by atoms with Gasteiger partial charge in [-0.25, -0.2) is 4.79 Å². The number of hydrogen-bond donors (Lipinski definition) is 2. The number of pyridine rings is 1. The maximum atomic E-state index is 12.9. The SMILES string of the molecule is CCOC(=O)c1ccc(NC(=O)CN2CCc3[nH]c4ccc(Cl)cc4c(=O)c3C2)cc1. The van der Waals surface area contributed by atoms with E-state index in [1.807, 2.05) is 11.0 Å². The number of aromatic amines is 1. The quantitative estimate of drug-likeness (QED) is 0.595. The van der Waals surface area contributed by atoms with E-state index in [-0.39, 0.29) is 17.9 Å². The van der Waals surface area contributed by atoms with Gasteiger partial charge in [0.15, 0.2) is 5.43 Å². The molecule has 2 heterocycles. The molecule has 1 amide bonds. The number of halogens is 1. The molecule has 2 aromatic carbocycles. The van der Waals surface area contributed by atoms with Gasteiger partial charge in [0.1, 0.15) is 0 Å². The van der Waals surface area contributed by atoms with Crippen LogP contribution in [-0.4, -0.2) is 41.5 Å². The van der Waals surface area contributed by atoms with Gasteiger partial charge in [0, 0.05) is 52.4 Å². The van der Waals surface area contributed by atoms with Crippen molar-refractivity contribution in [3.05, 3.63) is 74.5 Å². The van der Waals surface area contributed by atoms with E-state index in [1.54, 1.807) is 43.3 Å². The molecule has 0 spiro atoms. The highest BCUT2D eigenvalue weighted by molar-refractivity contribution is 6.31. The molecule has 4 rings (SSSR count). The van der Waals surface area contributed by atoms with Crippen molar-refractivity contribution in [3.63, 3.8) is 0 Å². The Kier molecular flexibility index (Phi) is 6.06. The highest BCUT2D eigenvalue weighted by Crippen LogP contribution is 2.21. The smallest absolute Gasteiger partial charge is 0.338 e. The van der Waals surface area contributed by atoms with Gasteiger partial charge in [-0.3, -0.25) is 14.5 Å². The first-order valence-electron chi connectivity index (χ1n) is 10.1. The van der Waals surface area contributed by atoms with Crippen LogP contribution in [-0.2, 0) is 22.5 Å². The van der Waals surface area contributed by atoms with Crippen molar-refractivity contribution in [1.29, 1.82) is 0 Å². The lowest BCUT2D eigenvalue weighted by Crippen LogP contribution is -2.39. The largest absolute Gasteiger partial charge is 0.462 e. The van der Waals surface area contributed by atoms with Crippen molar-refractivity contribution in [2.45, 2.75) is 19.9 Å². The number of carbonyl (C=O) groups excluding carboxylic acids is 2. The van der Waals surface area contributed by atoms with Gasteiger partial charge in [-0.2, -0.15) is 0 Å². The Balaban J connectivity index is 1.43. The first-order chi connectivity index (χ1) is 14.9. The molecule has 2 N–H and O–H groups in total. The van der Waals surface area contributed by atoms with Crippen molar-refractivity contribution in [1.82, 2.24) is 9.88 Å². The molecule has 0 atom stereocenters. The number of fused-ring (bicyclic) bond motifs is 2. The van der Waals surface area contributed by atoms with Gasteiger partial charge >= 0.3 is 5.97 Å². The Hall–Kier alpha value is -3.16. The lowest BCUT2D eigenvalue weighted by molar-refractivity contribution is -0.117. The lowest BCUT2D eigenvalue weighted by atomic mass is 10.0. The molecule has 1 aliphatic heterocycles. The molecule has 0 bridgehead atoms. The summed E-state index contributed by atoms with van der Waals surface area (Å²) in [5, 5.41) is 3.89. The summed E-state index contributed by atoms with van der Waals surface area (Å²) in [6.07, 6.45) is 0.657. The molecule has 0 unspecified atom stereocenters. The standard InChI is InChI=1S/C23H22ClN3O4/c1-2-31-23(30)14-3-6-16(7-4-14)25-21(28)13-27-10-9-20-18(12-27)22(29)17-11-15(24)5-8-19(17)26-20/h3-8,11H,2,9-10,12-13H2,1H3,(H,25,28)(H,26,29). The van der Waals surface area contributed by atoms with Crippen LogP contribution >= 0.6 is 11.6 Å². The number of hydrogen-bond acceptors (Lipinski definition) is 5. The summed E-state index contributed by atoms with van der Waals surface area (Å²) in [6.45, 7) is 3.27. The van der Waals surface area contributed by atoms with Crippen LogP contribution in [0.2, 0.25) is 5.02 Å². The first kappa shape index (κ1) is 21.1. The molecule has 7 nitrogen and oxygen atoms in total. The number of anilines is 1. The van der Waals surface area contributed by atoms with Crippen molar-refractivity contribution in [3.8, 4) is 0 Å². The van der Waals surface area contributed by atoms with Crippen molar-refractivity contribution in [2.24, 2.45) is 0 Å². The summed E-state index contributed by atoms with van der Waals surface area (Å²) in [4.78, 5) is 42.4. The Labute approximate surface area is 184 Å². The maximum absolute atomic E-state index is 12.9. The second-order valence-corrected chi connectivity index (χ2v) is 7.84. The van der Waals surface area contributed by atoms with E-state index < -0.39 is 5.97 Å². The summed E-state index contributed by atoms with van der Waals surface area (Å²) in [7, 11) is 0. The molecular weight excluding hydrogens is 418 g/mol. The number of nitrogens with zero attached hydrogens (tertiary/aromatic N) is 1. The van der Waals surface area contributed by atoms with Crippen LogP contribution in [0.15, 0.2) is 47.3 Å². The number of aromatic nitrogens is 1. The van der Waals surface area contributed by atoms with Crippen LogP contribution in [0.3, 0.4) is 0 Å². The predicted octanol–water partition coefficient (Wildman–Crippen LogP) is 3.36. The zero-order valence-corrected chi connectivity index (χ0v) is 17.8. The Bertz CT molecular complexity index is 1200. The van der Waals surface area contributed by atoms with Crippen LogP contribution in [0.4, 0.5) is 5.69 Å². The number of benzene rings is 2. The minimum atomic E-state index is -0.397. The Morgan fingerprint density at radius 2 is 1.97 bits per heavy atom. The average molecular weight is 440 g/mol. The minimum absolute atomic E-state index is 0.0501. The minimum Gasteiger partial charge on any atom is -0.462 e. The average Bonchev–Trinajstić information content (AvgIpc) is 2.75. The lowest BCUT2D eigenvalue weighted by Gasteiger charge is -2.27. The van der Waals surface area contributed by atoms with E-state index in [0.29, 0.717) is 53.3 Å². The number of H-pyrrole nitrogens is 1. The Morgan fingerprint density at radius 1 is 1.19 bits per heavy atom. The molecule has 1 aliphatic rings. The van der Waals surface area contributed by atoms with E-state index >= 15 is 0 Å². The maximum Gasteiger partial charge on any atom is 0.338 e. The number of nitrogens with one attached hydrogen (secondary N) is 2. The summed E-state index contributed by atoms with van der Waals surface area (Å²) in [5.74, 6) is -0.584. The summed E-state index contributed by atoms with van der Waals surface area (Å²) in [5.41, 5.74) is 3.32. The molecule has 0 fully saturated rings. The molecule has 0 saturated heterocycles. The molecule has 0 radical (unpaired) electrons. The van der Waals surface area contributed by atoms with Crippen LogP contribution < -0.4 is 10.7 Å². The van der Waals surface area contributed by atoms with Gasteiger partial charge in [-0.05, 0) is 49.4 Å². The fourth-order valence-electron chi connectivity index (χ4n) is 3.75. The fraction of sp³-hybridized carbons (Fsp3) is 0.261. The molecule has 3 aromatic rings. The summed E-state index contributed by atoms with van der Waals surface area (Å²) in [6, 6.07) is 11.8. The van der Waals surface area contributed by atoms with E-state index in [1.165, 1.54) is 0 Å². The van der Waals surface area contributed by atoms with E-state index in [4.69, 9.17) is 16.3 Å². The zero-order valence-electron chi connectivity index (χ0n) is 17.0. The van der Waals surface area contributed by atoms with Crippen LogP contribution in [0, 0.1) is 0 Å². The highest BCUT2D eigenvalue weighted by Gasteiger charge is 2.22. The highest BCUT2D eigenvalue weighted by atomic mass is 35.5. The Morgan fingerprint density at radius 3 is 2.71 bits per heavy atom. The molecule has 0 saturated carbocycles. The van der Waals surface area contributed by atoms with Gasteiger partial charge < -0.3 is 15.0 Å². The van der Waals surface area contributed by atoms with E-state index in [0.717, 1.165) is 11.2 Å². The summed E-state index contributed by atoms with van der Waals surface area (Å²) < 4.78 is 4.95. The topological polar surface area (TPSA) is 91.5 Å².